The number of nitrogen functional groups attached to an aromatic ring is 2. The predicted molar refractivity (Wildman–Crippen MR) is 147 cm³/mol. The van der Waals surface area contributed by atoms with Gasteiger partial charge in [0.2, 0.25) is 0 Å². The van der Waals surface area contributed by atoms with E-state index in [1.807, 2.05) is 37.3 Å². The molecular formula is C23H20Cl2N10S2. The van der Waals surface area contributed by atoms with Crippen molar-refractivity contribution in [3.63, 3.8) is 0 Å². The Labute approximate surface area is 230 Å². The summed E-state index contributed by atoms with van der Waals surface area (Å²) in [6, 6.07) is 16.5. The van der Waals surface area contributed by atoms with Crippen molar-refractivity contribution in [3.05, 3.63) is 82.0 Å². The van der Waals surface area contributed by atoms with E-state index in [9.17, 15) is 0 Å². The van der Waals surface area contributed by atoms with Crippen molar-refractivity contribution >= 4 is 46.7 Å². The lowest BCUT2D eigenvalue weighted by Gasteiger charge is -2.07. The minimum atomic E-state index is 0.451. The maximum Gasteiger partial charge on any atom is 0.189 e. The zero-order chi connectivity index (χ0) is 25.9. The van der Waals surface area contributed by atoms with Gasteiger partial charge in [0.15, 0.2) is 28.5 Å². The number of aromatic nitrogens is 8. The first-order valence-electron chi connectivity index (χ1n) is 10.9. The number of hydrogen-bond donors (Lipinski definition) is 2. The lowest BCUT2D eigenvalue weighted by Crippen LogP contribution is -2.14. The van der Waals surface area contributed by atoms with E-state index in [0.29, 0.717) is 50.0 Å². The van der Waals surface area contributed by atoms with Crippen LogP contribution in [0.5, 0.6) is 0 Å². The third-order valence-corrected chi connectivity index (χ3v) is 7.48. The highest BCUT2D eigenvalue weighted by atomic mass is 35.5. The molecule has 0 saturated heterocycles. The first kappa shape index (κ1) is 25.3. The van der Waals surface area contributed by atoms with Crippen LogP contribution in [0.3, 0.4) is 0 Å². The van der Waals surface area contributed by atoms with Crippen LogP contribution in [-0.2, 0) is 11.5 Å². The van der Waals surface area contributed by atoms with Gasteiger partial charge in [0, 0.05) is 26.9 Å². The van der Waals surface area contributed by atoms with Crippen LogP contribution >= 0.6 is 46.7 Å². The van der Waals surface area contributed by atoms with Crippen molar-refractivity contribution in [2.24, 2.45) is 0 Å². The van der Waals surface area contributed by atoms with E-state index in [1.54, 1.807) is 24.3 Å². The monoisotopic (exact) mass is 570 g/mol. The average molecular weight is 572 g/mol. The average Bonchev–Trinajstić information content (AvgIpc) is 3.44. The number of thioether (sulfide) groups is 2. The molecule has 0 radical (unpaired) electrons. The number of hydrogen-bond acceptors (Lipinski definition) is 10. The Bertz CT molecular complexity index is 1420. The van der Waals surface area contributed by atoms with Gasteiger partial charge in [-0.2, -0.15) is 0 Å². The quantitative estimate of drug-likeness (QED) is 0.117. The van der Waals surface area contributed by atoms with E-state index in [1.165, 1.54) is 32.9 Å². The Kier molecular flexibility index (Phi) is 7.51. The molecule has 0 unspecified atom stereocenters. The summed E-state index contributed by atoms with van der Waals surface area (Å²) in [6.45, 7) is 1.92. The van der Waals surface area contributed by atoms with Crippen LogP contribution in [-0.4, -0.2) is 39.7 Å². The standard InChI is InChI=1S/C23H20Cl2N10S2/c1-13-10-20(36-11-18-30-32-21(34(18)26)14-2-6-16(24)7-3-14)29-23(28-13)37-12-19-31-33-22(35(19)27)15-4-8-17(25)9-5-15/h2-10H,11-12,26-27H2,1H3. The first-order chi connectivity index (χ1) is 17.9. The van der Waals surface area contributed by atoms with Gasteiger partial charge in [-0.05, 0) is 61.5 Å². The summed E-state index contributed by atoms with van der Waals surface area (Å²) in [7, 11) is 0. The second kappa shape index (κ2) is 11.0. The van der Waals surface area contributed by atoms with E-state index >= 15 is 0 Å². The Morgan fingerprint density at radius 1 is 0.703 bits per heavy atom. The van der Waals surface area contributed by atoms with Crippen molar-refractivity contribution in [1.29, 1.82) is 0 Å². The number of halogens is 2. The molecule has 10 nitrogen and oxygen atoms in total. The smallest absolute Gasteiger partial charge is 0.189 e. The molecule has 0 aliphatic carbocycles. The van der Waals surface area contributed by atoms with Gasteiger partial charge in [0.05, 0.1) is 11.5 Å². The van der Waals surface area contributed by atoms with Crippen molar-refractivity contribution in [1.82, 2.24) is 39.7 Å². The van der Waals surface area contributed by atoms with Crippen LogP contribution in [0.25, 0.3) is 22.8 Å². The SMILES string of the molecule is Cc1cc(SCc2nnc(-c3ccc(Cl)cc3)n2N)nc(SCc2nnc(-c3ccc(Cl)cc3)n2N)n1. The van der Waals surface area contributed by atoms with E-state index in [2.05, 4.69) is 30.4 Å². The van der Waals surface area contributed by atoms with Gasteiger partial charge in [-0.15, -0.1) is 20.4 Å². The number of benzene rings is 2. The molecular weight excluding hydrogens is 551 g/mol. The number of aryl methyl sites for hydroxylation is 1. The molecule has 2 aromatic carbocycles. The summed E-state index contributed by atoms with van der Waals surface area (Å²) in [6.07, 6.45) is 0. The van der Waals surface area contributed by atoms with Gasteiger partial charge in [-0.25, -0.2) is 19.3 Å². The second-order valence-electron chi connectivity index (χ2n) is 7.84. The minimum absolute atomic E-state index is 0.451. The lowest BCUT2D eigenvalue weighted by atomic mass is 10.2. The fourth-order valence-corrected chi connectivity index (χ4v) is 5.37. The van der Waals surface area contributed by atoms with E-state index < -0.39 is 0 Å². The summed E-state index contributed by atoms with van der Waals surface area (Å²) in [5.74, 6) is 15.8. The maximum atomic E-state index is 6.25. The molecule has 188 valence electrons. The largest absolute Gasteiger partial charge is 0.336 e. The molecule has 0 atom stereocenters. The van der Waals surface area contributed by atoms with Crippen LogP contribution in [0, 0.1) is 6.92 Å². The van der Waals surface area contributed by atoms with Gasteiger partial charge in [0.25, 0.3) is 0 Å². The molecule has 0 spiro atoms. The molecule has 14 heteroatoms. The van der Waals surface area contributed by atoms with E-state index in [-0.39, 0.29) is 0 Å². The van der Waals surface area contributed by atoms with Gasteiger partial charge >= 0.3 is 0 Å². The van der Waals surface area contributed by atoms with Crippen LogP contribution in [0.1, 0.15) is 17.3 Å². The Hall–Kier alpha value is -3.32. The third-order valence-electron chi connectivity index (χ3n) is 5.23. The molecule has 0 bridgehead atoms. The molecule has 3 heterocycles. The zero-order valence-electron chi connectivity index (χ0n) is 19.4. The fourth-order valence-electron chi connectivity index (χ4n) is 3.36. The van der Waals surface area contributed by atoms with E-state index in [4.69, 9.17) is 34.9 Å². The normalized spacial score (nSPS) is 11.2. The highest BCUT2D eigenvalue weighted by Crippen LogP contribution is 2.27. The number of nitrogens with zero attached hydrogens (tertiary/aromatic N) is 8. The van der Waals surface area contributed by atoms with Crippen molar-refractivity contribution < 1.29 is 0 Å². The van der Waals surface area contributed by atoms with Gasteiger partial charge in [0.1, 0.15) is 5.03 Å². The molecule has 0 saturated carbocycles. The van der Waals surface area contributed by atoms with Crippen LogP contribution in [0.2, 0.25) is 10.0 Å². The second-order valence-corrected chi connectivity index (χ2v) is 10.7. The Morgan fingerprint density at radius 2 is 1.19 bits per heavy atom. The van der Waals surface area contributed by atoms with Crippen molar-refractivity contribution in [2.75, 3.05) is 11.7 Å². The fraction of sp³-hybridized carbons (Fsp3) is 0.130. The lowest BCUT2D eigenvalue weighted by molar-refractivity contribution is 0.855. The predicted octanol–water partition coefficient (Wildman–Crippen LogP) is 4.62. The minimum Gasteiger partial charge on any atom is -0.336 e. The van der Waals surface area contributed by atoms with Crippen LogP contribution in [0.4, 0.5) is 0 Å². The first-order valence-corrected chi connectivity index (χ1v) is 13.6. The third kappa shape index (κ3) is 5.82. The van der Waals surface area contributed by atoms with Crippen LogP contribution in [0.15, 0.2) is 64.8 Å². The molecule has 5 aromatic rings. The molecule has 4 N–H and O–H groups in total. The molecule has 37 heavy (non-hydrogen) atoms. The molecule has 0 aliphatic heterocycles. The summed E-state index contributed by atoms with van der Waals surface area (Å²) < 4.78 is 2.94. The molecule has 3 aromatic heterocycles. The molecule has 0 aliphatic rings. The topological polar surface area (TPSA) is 139 Å². The molecule has 0 amide bonds. The molecule has 5 rings (SSSR count). The Balaban J connectivity index is 1.25. The summed E-state index contributed by atoms with van der Waals surface area (Å²) >= 11 is 14.9. The molecule has 0 fully saturated rings. The summed E-state index contributed by atoms with van der Waals surface area (Å²) in [5, 5.41) is 19.6. The van der Waals surface area contributed by atoms with Gasteiger partial charge < -0.3 is 11.7 Å². The van der Waals surface area contributed by atoms with Gasteiger partial charge in [-0.1, -0.05) is 46.7 Å². The van der Waals surface area contributed by atoms with E-state index in [0.717, 1.165) is 21.8 Å². The highest BCUT2D eigenvalue weighted by molar-refractivity contribution is 7.99. The zero-order valence-corrected chi connectivity index (χ0v) is 22.6. The number of nitrogens with two attached hydrogens (primary N) is 2. The van der Waals surface area contributed by atoms with Crippen molar-refractivity contribution in [2.45, 2.75) is 28.6 Å². The highest BCUT2D eigenvalue weighted by Gasteiger charge is 2.15. The number of rotatable bonds is 8. The Morgan fingerprint density at radius 3 is 1.70 bits per heavy atom. The summed E-state index contributed by atoms with van der Waals surface area (Å²) in [5.41, 5.74) is 2.50. The van der Waals surface area contributed by atoms with Crippen molar-refractivity contribution in [3.8, 4) is 22.8 Å². The van der Waals surface area contributed by atoms with Crippen LogP contribution < -0.4 is 11.7 Å². The summed E-state index contributed by atoms with van der Waals surface area (Å²) in [4.78, 5) is 9.19. The van der Waals surface area contributed by atoms with Gasteiger partial charge in [-0.3, -0.25) is 0 Å². The maximum absolute atomic E-state index is 6.25.